The van der Waals surface area contributed by atoms with Crippen molar-refractivity contribution < 1.29 is 24.0 Å². The van der Waals surface area contributed by atoms with E-state index in [-0.39, 0.29) is 28.3 Å². The molecule has 0 radical (unpaired) electrons. The molecule has 1 spiro atoms. The van der Waals surface area contributed by atoms with E-state index < -0.39 is 12.0 Å². The number of carboxylic acid groups (broad SMARTS) is 1. The van der Waals surface area contributed by atoms with Gasteiger partial charge in [0.25, 0.3) is 0 Å². The highest BCUT2D eigenvalue weighted by Crippen LogP contribution is 2.45. The minimum atomic E-state index is -0.921. The van der Waals surface area contributed by atoms with Crippen molar-refractivity contribution >= 4 is 29.4 Å². The number of carboxylic acids is 1. The fourth-order valence-corrected chi connectivity index (χ4v) is 4.62. The van der Waals surface area contributed by atoms with E-state index in [0.717, 1.165) is 25.7 Å². The first-order chi connectivity index (χ1) is 13.4. The van der Waals surface area contributed by atoms with Crippen molar-refractivity contribution in [3.63, 3.8) is 0 Å². The summed E-state index contributed by atoms with van der Waals surface area (Å²) in [6.07, 6.45) is 4.45. The predicted molar refractivity (Wildman–Crippen MR) is 98.6 cm³/mol. The summed E-state index contributed by atoms with van der Waals surface area (Å²) in [5, 5.41) is 13.5. The summed E-state index contributed by atoms with van der Waals surface area (Å²) in [6.45, 7) is 1.68. The average Bonchev–Trinajstić information content (AvgIpc) is 3.34. The fraction of sp³-hybridized carbons (Fsp3) is 0.684. The summed E-state index contributed by atoms with van der Waals surface area (Å²) in [6, 6.07) is 0.877. The molecule has 2 aliphatic heterocycles. The fourth-order valence-electron chi connectivity index (χ4n) is 4.46. The molecular formula is C19H24ClN3O5. The van der Waals surface area contributed by atoms with Crippen molar-refractivity contribution in [1.29, 1.82) is 0 Å². The van der Waals surface area contributed by atoms with Crippen LogP contribution in [0.5, 0.6) is 0 Å². The van der Waals surface area contributed by atoms with Crippen LogP contribution in [0.3, 0.4) is 0 Å². The summed E-state index contributed by atoms with van der Waals surface area (Å²) in [4.78, 5) is 40.1. The van der Waals surface area contributed by atoms with Crippen LogP contribution in [0, 0.1) is 11.3 Å². The van der Waals surface area contributed by atoms with Crippen molar-refractivity contribution in [3.8, 4) is 0 Å². The van der Waals surface area contributed by atoms with Gasteiger partial charge in [-0.2, -0.15) is 0 Å². The third kappa shape index (κ3) is 3.87. The highest BCUT2D eigenvalue weighted by atomic mass is 35.5. The highest BCUT2D eigenvalue weighted by Gasteiger charge is 2.52. The number of amides is 2. The lowest BCUT2D eigenvalue weighted by Crippen LogP contribution is -2.45. The summed E-state index contributed by atoms with van der Waals surface area (Å²) in [5.41, 5.74) is -0.192. The number of carbonyl (C=O) groups is 3. The van der Waals surface area contributed by atoms with Gasteiger partial charge in [-0.15, -0.1) is 0 Å². The molecule has 1 aromatic heterocycles. The number of rotatable bonds is 5. The maximum Gasteiger partial charge on any atom is 0.326 e. The predicted octanol–water partition coefficient (Wildman–Crippen LogP) is 1.96. The molecule has 1 saturated carbocycles. The van der Waals surface area contributed by atoms with Gasteiger partial charge in [-0.25, -0.2) is 4.79 Å². The van der Waals surface area contributed by atoms with E-state index in [1.807, 2.05) is 4.90 Å². The monoisotopic (exact) mass is 409 g/mol. The Morgan fingerprint density at radius 3 is 2.57 bits per heavy atom. The topological polar surface area (TPSA) is 104 Å². The van der Waals surface area contributed by atoms with Crippen LogP contribution in [0.4, 0.5) is 0 Å². The Hall–Kier alpha value is -2.09. The molecule has 2 amide bonds. The number of aromatic nitrogens is 1. The lowest BCUT2D eigenvalue weighted by Gasteiger charge is -2.39. The third-order valence-electron chi connectivity index (χ3n) is 6.30. The first kappa shape index (κ1) is 19.2. The Morgan fingerprint density at radius 2 is 2.00 bits per heavy atom. The molecule has 1 atom stereocenters. The van der Waals surface area contributed by atoms with Crippen LogP contribution in [0.2, 0.25) is 5.15 Å². The molecule has 28 heavy (non-hydrogen) atoms. The van der Waals surface area contributed by atoms with Gasteiger partial charge in [0, 0.05) is 44.5 Å². The molecule has 4 rings (SSSR count). The molecular weight excluding hydrogens is 386 g/mol. The number of carbonyl (C=O) groups excluding carboxylic acids is 2. The Kier molecular flexibility index (Phi) is 5.07. The number of aliphatic carboxylic acids is 1. The van der Waals surface area contributed by atoms with Crippen LogP contribution >= 0.6 is 11.6 Å². The number of hydrogen-bond acceptors (Lipinski definition) is 5. The first-order valence-corrected chi connectivity index (χ1v) is 10.2. The average molecular weight is 410 g/mol. The van der Waals surface area contributed by atoms with Gasteiger partial charge in [0.05, 0.1) is 0 Å². The van der Waals surface area contributed by atoms with Gasteiger partial charge in [-0.05, 0) is 37.5 Å². The van der Waals surface area contributed by atoms with E-state index in [1.54, 1.807) is 11.0 Å². The second-order valence-electron chi connectivity index (χ2n) is 8.30. The van der Waals surface area contributed by atoms with Gasteiger partial charge in [0.1, 0.15) is 11.8 Å². The third-order valence-corrected chi connectivity index (χ3v) is 6.47. The van der Waals surface area contributed by atoms with Gasteiger partial charge in [0.15, 0.2) is 5.15 Å². The molecule has 0 aromatic carbocycles. The zero-order valence-electron chi connectivity index (χ0n) is 15.6. The first-order valence-electron chi connectivity index (χ1n) is 9.79. The van der Waals surface area contributed by atoms with Gasteiger partial charge >= 0.3 is 5.97 Å². The molecule has 152 valence electrons. The lowest BCUT2D eigenvalue weighted by atomic mass is 9.76. The minimum Gasteiger partial charge on any atom is -0.480 e. The van der Waals surface area contributed by atoms with E-state index in [1.165, 1.54) is 0 Å². The van der Waals surface area contributed by atoms with Crippen LogP contribution in [-0.4, -0.2) is 63.5 Å². The molecule has 1 unspecified atom stereocenters. The SMILES string of the molecule is O=C(O)C1CC2(CCN(C(=O)CCc3cc(Cl)no3)CC2)CN1C(=O)C1CC1. The van der Waals surface area contributed by atoms with E-state index >= 15 is 0 Å². The molecule has 1 aliphatic carbocycles. The number of hydrogen-bond donors (Lipinski definition) is 1. The number of nitrogens with zero attached hydrogens (tertiary/aromatic N) is 3. The zero-order chi connectivity index (χ0) is 19.9. The van der Waals surface area contributed by atoms with Crippen molar-refractivity contribution in [2.24, 2.45) is 11.3 Å². The van der Waals surface area contributed by atoms with Crippen molar-refractivity contribution in [2.75, 3.05) is 19.6 Å². The van der Waals surface area contributed by atoms with Gasteiger partial charge in [-0.3, -0.25) is 9.59 Å². The van der Waals surface area contributed by atoms with Crippen molar-refractivity contribution in [3.05, 3.63) is 17.0 Å². The molecule has 3 fully saturated rings. The van der Waals surface area contributed by atoms with E-state index in [9.17, 15) is 19.5 Å². The van der Waals surface area contributed by atoms with E-state index in [0.29, 0.717) is 44.7 Å². The zero-order valence-corrected chi connectivity index (χ0v) is 16.4. The number of halogens is 1. The molecule has 8 nitrogen and oxygen atoms in total. The summed E-state index contributed by atoms with van der Waals surface area (Å²) >= 11 is 5.72. The maximum absolute atomic E-state index is 12.5. The summed E-state index contributed by atoms with van der Waals surface area (Å²) in [5.74, 6) is -0.283. The standard InChI is InChI=1S/C19H24ClN3O5/c20-15-9-13(28-21-15)3-4-16(24)22-7-5-19(6-8-22)10-14(18(26)27)23(11-19)17(25)12-1-2-12/h9,12,14H,1-8,10-11H2,(H,26,27). The van der Waals surface area contributed by atoms with Crippen LogP contribution in [0.1, 0.15) is 44.3 Å². The molecule has 3 heterocycles. The Balaban J connectivity index is 1.33. The second-order valence-corrected chi connectivity index (χ2v) is 8.68. The quantitative estimate of drug-likeness (QED) is 0.797. The van der Waals surface area contributed by atoms with Crippen LogP contribution < -0.4 is 0 Å². The molecule has 3 aliphatic rings. The Labute approximate surface area is 167 Å². The van der Waals surface area contributed by atoms with Crippen molar-refractivity contribution in [1.82, 2.24) is 15.0 Å². The number of likely N-dealkylation sites (tertiary alicyclic amines) is 2. The van der Waals surface area contributed by atoms with Crippen LogP contribution in [0.15, 0.2) is 10.6 Å². The molecule has 2 saturated heterocycles. The minimum absolute atomic E-state index is 0.00602. The molecule has 1 aromatic rings. The van der Waals surface area contributed by atoms with Gasteiger partial charge in [0.2, 0.25) is 11.8 Å². The maximum atomic E-state index is 12.5. The summed E-state index contributed by atoms with van der Waals surface area (Å²) < 4.78 is 5.03. The van der Waals surface area contributed by atoms with Crippen LogP contribution in [-0.2, 0) is 20.8 Å². The van der Waals surface area contributed by atoms with Gasteiger partial charge in [-0.1, -0.05) is 16.8 Å². The van der Waals surface area contributed by atoms with E-state index in [4.69, 9.17) is 16.1 Å². The van der Waals surface area contributed by atoms with Crippen molar-refractivity contribution in [2.45, 2.75) is 51.0 Å². The van der Waals surface area contributed by atoms with Crippen LogP contribution in [0.25, 0.3) is 0 Å². The molecule has 9 heteroatoms. The summed E-state index contributed by atoms with van der Waals surface area (Å²) in [7, 11) is 0. The van der Waals surface area contributed by atoms with Gasteiger partial charge < -0.3 is 19.4 Å². The number of piperidine rings is 1. The largest absolute Gasteiger partial charge is 0.480 e. The molecule has 1 N–H and O–H groups in total. The normalized spacial score (nSPS) is 24.0. The lowest BCUT2D eigenvalue weighted by molar-refractivity contribution is -0.148. The van der Waals surface area contributed by atoms with E-state index in [2.05, 4.69) is 5.16 Å². The highest BCUT2D eigenvalue weighted by molar-refractivity contribution is 6.29. The number of aryl methyl sites for hydroxylation is 1. The Morgan fingerprint density at radius 1 is 1.29 bits per heavy atom. The Bertz CT molecular complexity index is 782. The second kappa shape index (κ2) is 7.39. The smallest absolute Gasteiger partial charge is 0.326 e. The molecule has 0 bridgehead atoms.